The fourth-order valence-electron chi connectivity index (χ4n) is 1.11. The van der Waals surface area contributed by atoms with Gasteiger partial charge in [-0.2, -0.15) is 0 Å². The van der Waals surface area contributed by atoms with Crippen LogP contribution in [0.3, 0.4) is 0 Å². The molecule has 0 unspecified atom stereocenters. The van der Waals surface area contributed by atoms with Crippen molar-refractivity contribution in [1.82, 2.24) is 4.98 Å². The van der Waals surface area contributed by atoms with Crippen LogP contribution in [0.15, 0.2) is 10.7 Å². The van der Waals surface area contributed by atoms with Crippen LogP contribution < -0.4 is 5.73 Å². The molecule has 0 bridgehead atoms. The Hall–Kier alpha value is -1.15. The van der Waals surface area contributed by atoms with Gasteiger partial charge in [0.25, 0.3) is 12.1 Å². The highest BCUT2D eigenvalue weighted by Crippen LogP contribution is 2.36. The second kappa shape index (κ2) is 4.58. The second-order valence-corrected chi connectivity index (χ2v) is 3.43. The van der Waals surface area contributed by atoms with Crippen molar-refractivity contribution >= 4 is 21.6 Å². The Kier molecular flexibility index (Phi) is 3.64. The van der Waals surface area contributed by atoms with Crippen molar-refractivity contribution in [3.8, 4) is 0 Å². The minimum absolute atomic E-state index is 0.0833. The highest BCUT2D eigenvalue weighted by atomic mass is 79.9. The zero-order chi connectivity index (χ0) is 11.6. The standard InChI is InChI=1S/C7H6BrF2N3O2/c8-3-2-12-4(1-11)5(7(9)10)6(3)13(14)15/h2,7H,1,11H2. The van der Waals surface area contributed by atoms with Crippen molar-refractivity contribution in [1.29, 1.82) is 0 Å². The number of nitro groups is 1. The number of alkyl halides is 2. The van der Waals surface area contributed by atoms with E-state index >= 15 is 0 Å². The summed E-state index contributed by atoms with van der Waals surface area (Å²) in [5.41, 5.74) is 3.60. The quantitative estimate of drug-likeness (QED) is 0.680. The minimum Gasteiger partial charge on any atom is -0.325 e. The minimum atomic E-state index is -2.98. The van der Waals surface area contributed by atoms with Gasteiger partial charge in [0.05, 0.1) is 10.6 Å². The molecule has 0 fully saturated rings. The van der Waals surface area contributed by atoms with Gasteiger partial charge in [-0.3, -0.25) is 15.1 Å². The average molecular weight is 282 g/mol. The molecular formula is C7H6BrF2N3O2. The van der Waals surface area contributed by atoms with Gasteiger partial charge in [-0.05, 0) is 15.9 Å². The third-order valence-electron chi connectivity index (χ3n) is 1.72. The lowest BCUT2D eigenvalue weighted by Gasteiger charge is -2.07. The highest BCUT2D eigenvalue weighted by molar-refractivity contribution is 9.10. The summed E-state index contributed by atoms with van der Waals surface area (Å²) in [4.78, 5) is 13.3. The number of nitrogens with zero attached hydrogens (tertiary/aromatic N) is 2. The first-order chi connectivity index (χ1) is 6.99. The van der Waals surface area contributed by atoms with Gasteiger partial charge in [0, 0.05) is 12.7 Å². The van der Waals surface area contributed by atoms with Crippen LogP contribution in [0.1, 0.15) is 17.7 Å². The summed E-state index contributed by atoms with van der Waals surface area (Å²) in [6.07, 6.45) is -1.89. The number of pyridine rings is 1. The Morgan fingerprint density at radius 3 is 2.67 bits per heavy atom. The first-order valence-corrected chi connectivity index (χ1v) is 4.58. The molecule has 0 atom stereocenters. The van der Waals surface area contributed by atoms with E-state index in [9.17, 15) is 18.9 Å². The molecule has 2 N–H and O–H groups in total. The Labute approximate surface area is 91.6 Å². The van der Waals surface area contributed by atoms with Crippen molar-refractivity contribution in [3.63, 3.8) is 0 Å². The summed E-state index contributed by atoms with van der Waals surface area (Å²) in [6.45, 7) is -0.270. The fourth-order valence-corrected chi connectivity index (χ4v) is 1.57. The van der Waals surface area contributed by atoms with Crippen LogP contribution in [0.4, 0.5) is 14.5 Å². The third kappa shape index (κ3) is 2.26. The predicted molar refractivity (Wildman–Crippen MR) is 51.4 cm³/mol. The molecule has 1 heterocycles. The highest BCUT2D eigenvalue weighted by Gasteiger charge is 2.28. The third-order valence-corrected chi connectivity index (χ3v) is 2.30. The summed E-state index contributed by atoms with van der Waals surface area (Å²) in [5, 5.41) is 10.6. The molecule has 8 heteroatoms. The van der Waals surface area contributed by atoms with Crippen LogP contribution in [0.2, 0.25) is 0 Å². The molecule has 1 rings (SSSR count). The van der Waals surface area contributed by atoms with Crippen LogP contribution in [0.25, 0.3) is 0 Å². The van der Waals surface area contributed by atoms with E-state index in [-0.39, 0.29) is 16.7 Å². The van der Waals surface area contributed by atoms with E-state index in [2.05, 4.69) is 20.9 Å². The molecule has 0 aliphatic carbocycles. The van der Waals surface area contributed by atoms with E-state index in [1.54, 1.807) is 0 Å². The molecule has 15 heavy (non-hydrogen) atoms. The SMILES string of the molecule is NCc1ncc(Br)c([N+](=O)[O-])c1C(F)F. The monoisotopic (exact) mass is 281 g/mol. The van der Waals surface area contributed by atoms with Gasteiger partial charge in [-0.1, -0.05) is 0 Å². The lowest BCUT2D eigenvalue weighted by atomic mass is 10.1. The zero-order valence-electron chi connectivity index (χ0n) is 7.28. The van der Waals surface area contributed by atoms with Gasteiger partial charge in [-0.25, -0.2) is 8.78 Å². The van der Waals surface area contributed by atoms with Crippen molar-refractivity contribution < 1.29 is 13.7 Å². The first kappa shape index (κ1) is 11.9. The van der Waals surface area contributed by atoms with Crippen LogP contribution in [-0.4, -0.2) is 9.91 Å². The molecule has 82 valence electrons. The van der Waals surface area contributed by atoms with E-state index in [4.69, 9.17) is 5.73 Å². The van der Waals surface area contributed by atoms with E-state index in [0.717, 1.165) is 6.20 Å². The lowest BCUT2D eigenvalue weighted by molar-refractivity contribution is -0.387. The molecule has 0 aliphatic rings. The molecule has 0 amide bonds. The van der Waals surface area contributed by atoms with Crippen LogP contribution in [-0.2, 0) is 6.54 Å². The molecule has 0 radical (unpaired) electrons. The van der Waals surface area contributed by atoms with Crippen LogP contribution in [0, 0.1) is 10.1 Å². The van der Waals surface area contributed by atoms with Gasteiger partial charge in [0.2, 0.25) is 0 Å². The molecular weight excluding hydrogens is 276 g/mol. The van der Waals surface area contributed by atoms with Gasteiger partial charge < -0.3 is 5.73 Å². The predicted octanol–water partition coefficient (Wildman–Crippen LogP) is 2.15. The van der Waals surface area contributed by atoms with Crippen molar-refractivity contribution in [3.05, 3.63) is 32.0 Å². The summed E-state index contributed by atoms with van der Waals surface area (Å²) < 4.78 is 25.1. The molecule has 1 aromatic heterocycles. The Bertz CT molecular complexity index is 400. The normalized spacial score (nSPS) is 10.7. The first-order valence-electron chi connectivity index (χ1n) is 3.79. The number of rotatable bonds is 3. The van der Waals surface area contributed by atoms with Gasteiger partial charge in [-0.15, -0.1) is 0 Å². The van der Waals surface area contributed by atoms with E-state index in [1.165, 1.54) is 0 Å². The molecule has 0 spiro atoms. The maximum atomic E-state index is 12.6. The summed E-state index contributed by atoms with van der Waals surface area (Å²) in [7, 11) is 0. The summed E-state index contributed by atoms with van der Waals surface area (Å²) in [6, 6.07) is 0. The summed E-state index contributed by atoms with van der Waals surface area (Å²) >= 11 is 2.80. The maximum Gasteiger partial charge on any atom is 0.295 e. The Morgan fingerprint density at radius 1 is 1.67 bits per heavy atom. The number of halogens is 3. The number of nitrogens with two attached hydrogens (primary N) is 1. The van der Waals surface area contributed by atoms with E-state index in [0.29, 0.717) is 0 Å². The Balaban J connectivity index is 3.51. The lowest BCUT2D eigenvalue weighted by Crippen LogP contribution is -2.08. The average Bonchev–Trinajstić information content (AvgIpc) is 2.16. The molecule has 0 saturated heterocycles. The molecule has 5 nitrogen and oxygen atoms in total. The molecule has 0 aliphatic heterocycles. The van der Waals surface area contributed by atoms with Crippen molar-refractivity contribution in [2.75, 3.05) is 0 Å². The zero-order valence-corrected chi connectivity index (χ0v) is 8.87. The van der Waals surface area contributed by atoms with Crippen molar-refractivity contribution in [2.24, 2.45) is 5.73 Å². The van der Waals surface area contributed by atoms with E-state index < -0.39 is 22.6 Å². The van der Waals surface area contributed by atoms with Crippen LogP contribution in [0.5, 0.6) is 0 Å². The van der Waals surface area contributed by atoms with E-state index in [1.807, 2.05) is 0 Å². The largest absolute Gasteiger partial charge is 0.325 e. The maximum absolute atomic E-state index is 12.6. The second-order valence-electron chi connectivity index (χ2n) is 2.58. The van der Waals surface area contributed by atoms with Crippen LogP contribution >= 0.6 is 15.9 Å². The van der Waals surface area contributed by atoms with Gasteiger partial charge in [0.1, 0.15) is 10.0 Å². The number of aromatic nitrogens is 1. The number of hydrogen-bond donors (Lipinski definition) is 1. The Morgan fingerprint density at radius 2 is 2.27 bits per heavy atom. The molecule has 1 aromatic rings. The fraction of sp³-hybridized carbons (Fsp3) is 0.286. The van der Waals surface area contributed by atoms with Crippen molar-refractivity contribution in [2.45, 2.75) is 13.0 Å². The molecule has 0 saturated carbocycles. The van der Waals surface area contributed by atoms with Gasteiger partial charge >= 0.3 is 0 Å². The smallest absolute Gasteiger partial charge is 0.295 e. The summed E-state index contributed by atoms with van der Waals surface area (Å²) in [5.74, 6) is 0. The topological polar surface area (TPSA) is 82.0 Å². The number of hydrogen-bond acceptors (Lipinski definition) is 4. The molecule has 0 aromatic carbocycles. The van der Waals surface area contributed by atoms with Gasteiger partial charge in [0.15, 0.2) is 0 Å².